The Labute approximate surface area is 137 Å². The fourth-order valence-electron chi connectivity index (χ4n) is 2.39. The normalized spacial score (nSPS) is 14.5. The summed E-state index contributed by atoms with van der Waals surface area (Å²) < 4.78 is 5.34. The van der Waals surface area contributed by atoms with Gasteiger partial charge in [-0.3, -0.25) is 19.3 Å². The number of furan rings is 1. The van der Waals surface area contributed by atoms with E-state index in [4.69, 9.17) is 4.42 Å². The number of amides is 3. The number of carbonyl (C=O) groups excluding carboxylic acids is 3. The SMILES string of the molecule is O=C(CN1C(=O)CCC1=O)NCCc1ccc(-c2ccco2)s1. The van der Waals surface area contributed by atoms with Crippen LogP contribution in [0.4, 0.5) is 0 Å². The number of thiophene rings is 1. The lowest BCUT2D eigenvalue weighted by atomic mass is 10.3. The zero-order valence-corrected chi connectivity index (χ0v) is 13.2. The van der Waals surface area contributed by atoms with E-state index in [2.05, 4.69) is 5.32 Å². The van der Waals surface area contributed by atoms with Crippen LogP contribution in [-0.4, -0.2) is 35.7 Å². The third-order valence-electron chi connectivity index (χ3n) is 3.58. The van der Waals surface area contributed by atoms with Crippen molar-refractivity contribution in [3.63, 3.8) is 0 Å². The molecule has 0 spiro atoms. The molecule has 1 saturated heterocycles. The lowest BCUT2D eigenvalue weighted by Crippen LogP contribution is -2.40. The molecule has 1 aliphatic rings. The van der Waals surface area contributed by atoms with Gasteiger partial charge in [-0.25, -0.2) is 0 Å². The Morgan fingerprint density at radius 3 is 2.70 bits per heavy atom. The lowest BCUT2D eigenvalue weighted by molar-refractivity contribution is -0.142. The second-order valence-corrected chi connectivity index (χ2v) is 6.39. The van der Waals surface area contributed by atoms with Gasteiger partial charge in [0, 0.05) is 24.3 Å². The van der Waals surface area contributed by atoms with Crippen LogP contribution < -0.4 is 5.32 Å². The molecule has 0 bridgehead atoms. The van der Waals surface area contributed by atoms with Crippen molar-refractivity contribution in [2.45, 2.75) is 19.3 Å². The van der Waals surface area contributed by atoms with Gasteiger partial charge in [0.25, 0.3) is 0 Å². The van der Waals surface area contributed by atoms with Gasteiger partial charge < -0.3 is 9.73 Å². The van der Waals surface area contributed by atoms with Gasteiger partial charge in [0.1, 0.15) is 12.3 Å². The summed E-state index contributed by atoms with van der Waals surface area (Å²) in [5, 5.41) is 2.74. The van der Waals surface area contributed by atoms with Gasteiger partial charge in [0.2, 0.25) is 17.7 Å². The Morgan fingerprint density at radius 1 is 1.22 bits per heavy atom. The van der Waals surface area contributed by atoms with E-state index in [1.54, 1.807) is 17.6 Å². The second kappa shape index (κ2) is 6.78. The molecule has 1 fully saturated rings. The number of nitrogens with one attached hydrogen (secondary N) is 1. The number of rotatable bonds is 6. The highest BCUT2D eigenvalue weighted by molar-refractivity contribution is 7.15. The maximum atomic E-state index is 11.8. The smallest absolute Gasteiger partial charge is 0.240 e. The van der Waals surface area contributed by atoms with Crippen LogP contribution in [0.2, 0.25) is 0 Å². The molecule has 120 valence electrons. The molecule has 0 radical (unpaired) electrons. The van der Waals surface area contributed by atoms with Crippen LogP contribution in [0, 0.1) is 0 Å². The second-order valence-electron chi connectivity index (χ2n) is 5.22. The maximum absolute atomic E-state index is 11.8. The van der Waals surface area contributed by atoms with Gasteiger partial charge in [0.15, 0.2) is 0 Å². The molecule has 6 nitrogen and oxygen atoms in total. The fourth-order valence-corrected chi connectivity index (χ4v) is 3.36. The van der Waals surface area contributed by atoms with Crippen molar-refractivity contribution in [2.24, 2.45) is 0 Å². The van der Waals surface area contributed by atoms with Crippen molar-refractivity contribution in [1.29, 1.82) is 0 Å². The van der Waals surface area contributed by atoms with Crippen LogP contribution in [0.25, 0.3) is 10.6 Å². The summed E-state index contributed by atoms with van der Waals surface area (Å²) >= 11 is 1.61. The van der Waals surface area contributed by atoms with Crippen LogP contribution in [0.3, 0.4) is 0 Å². The Morgan fingerprint density at radius 2 is 2.00 bits per heavy atom. The summed E-state index contributed by atoms with van der Waals surface area (Å²) in [6, 6.07) is 7.74. The van der Waals surface area contributed by atoms with Crippen LogP contribution in [0.1, 0.15) is 17.7 Å². The summed E-state index contributed by atoms with van der Waals surface area (Å²) in [7, 11) is 0. The predicted molar refractivity (Wildman–Crippen MR) is 84.7 cm³/mol. The third-order valence-corrected chi connectivity index (χ3v) is 4.74. The Hall–Kier alpha value is -2.41. The van der Waals surface area contributed by atoms with Crippen molar-refractivity contribution in [3.8, 4) is 10.6 Å². The first-order valence-corrected chi connectivity index (χ1v) is 8.17. The minimum atomic E-state index is -0.309. The van der Waals surface area contributed by atoms with Crippen molar-refractivity contribution >= 4 is 29.1 Å². The molecular weight excluding hydrogens is 316 g/mol. The van der Waals surface area contributed by atoms with E-state index in [1.165, 1.54) is 0 Å². The summed E-state index contributed by atoms with van der Waals surface area (Å²) in [5.41, 5.74) is 0. The lowest BCUT2D eigenvalue weighted by Gasteiger charge is -2.13. The van der Waals surface area contributed by atoms with Crippen LogP contribution in [0.5, 0.6) is 0 Å². The summed E-state index contributed by atoms with van der Waals surface area (Å²) in [6.07, 6.45) is 2.74. The molecule has 3 amide bonds. The first kappa shape index (κ1) is 15.5. The van der Waals surface area contributed by atoms with Crippen molar-refractivity contribution in [2.75, 3.05) is 13.1 Å². The molecule has 0 aromatic carbocycles. The first-order valence-electron chi connectivity index (χ1n) is 7.36. The average Bonchev–Trinajstić information content (AvgIpc) is 3.25. The quantitative estimate of drug-likeness (QED) is 0.818. The molecule has 0 atom stereocenters. The number of nitrogens with zero attached hydrogens (tertiary/aromatic N) is 1. The molecule has 0 unspecified atom stereocenters. The standard InChI is InChI=1S/C16H16N2O4S/c19-14(10-18-15(20)5-6-16(18)21)17-8-7-11-3-4-13(23-11)12-2-1-9-22-12/h1-4,9H,5-8,10H2,(H,17,19). The van der Waals surface area contributed by atoms with Crippen molar-refractivity contribution < 1.29 is 18.8 Å². The van der Waals surface area contributed by atoms with Gasteiger partial charge in [-0.05, 0) is 30.7 Å². The zero-order valence-electron chi connectivity index (χ0n) is 12.4. The molecule has 0 aliphatic carbocycles. The summed E-state index contributed by atoms with van der Waals surface area (Å²) in [6.45, 7) is 0.285. The van der Waals surface area contributed by atoms with Crippen molar-refractivity contribution in [1.82, 2.24) is 10.2 Å². The highest BCUT2D eigenvalue weighted by atomic mass is 32.1. The molecule has 2 aromatic rings. The number of hydrogen-bond donors (Lipinski definition) is 1. The van der Waals surface area contributed by atoms with E-state index in [-0.39, 0.29) is 37.1 Å². The Bertz CT molecular complexity index is 704. The number of hydrogen-bond acceptors (Lipinski definition) is 5. The molecule has 1 N–H and O–H groups in total. The molecular formula is C16H16N2O4S. The third kappa shape index (κ3) is 3.68. The van der Waals surface area contributed by atoms with Gasteiger partial charge >= 0.3 is 0 Å². The minimum absolute atomic E-state index is 0.181. The monoisotopic (exact) mass is 332 g/mol. The van der Waals surface area contributed by atoms with E-state index >= 15 is 0 Å². The van der Waals surface area contributed by atoms with Crippen molar-refractivity contribution in [3.05, 3.63) is 35.4 Å². The van der Waals surface area contributed by atoms with Gasteiger partial charge in [-0.2, -0.15) is 0 Å². The zero-order chi connectivity index (χ0) is 16.2. The summed E-state index contributed by atoms with van der Waals surface area (Å²) in [4.78, 5) is 37.9. The largest absolute Gasteiger partial charge is 0.464 e. The molecule has 3 heterocycles. The molecule has 1 aliphatic heterocycles. The first-order chi connectivity index (χ1) is 11.1. The van der Waals surface area contributed by atoms with E-state index in [1.807, 2.05) is 24.3 Å². The number of imide groups is 1. The Kier molecular flexibility index (Phi) is 4.57. The number of likely N-dealkylation sites (tertiary alicyclic amines) is 1. The van der Waals surface area contributed by atoms with Gasteiger partial charge in [0.05, 0.1) is 11.1 Å². The molecule has 3 rings (SSSR count). The van der Waals surface area contributed by atoms with Crippen LogP contribution >= 0.6 is 11.3 Å². The van der Waals surface area contributed by atoms with E-state index in [0.717, 1.165) is 20.4 Å². The van der Waals surface area contributed by atoms with E-state index in [0.29, 0.717) is 13.0 Å². The minimum Gasteiger partial charge on any atom is -0.464 e. The molecule has 23 heavy (non-hydrogen) atoms. The van der Waals surface area contributed by atoms with Crippen LogP contribution in [0.15, 0.2) is 34.9 Å². The topological polar surface area (TPSA) is 79.6 Å². The van der Waals surface area contributed by atoms with E-state index < -0.39 is 0 Å². The number of carbonyl (C=O) groups is 3. The average molecular weight is 332 g/mol. The molecule has 2 aromatic heterocycles. The fraction of sp³-hybridized carbons (Fsp3) is 0.312. The van der Waals surface area contributed by atoms with Gasteiger partial charge in [-0.1, -0.05) is 0 Å². The highest BCUT2D eigenvalue weighted by Gasteiger charge is 2.30. The highest BCUT2D eigenvalue weighted by Crippen LogP contribution is 2.28. The predicted octanol–water partition coefficient (Wildman–Crippen LogP) is 1.82. The van der Waals surface area contributed by atoms with Gasteiger partial charge in [-0.15, -0.1) is 11.3 Å². The molecule has 7 heteroatoms. The van der Waals surface area contributed by atoms with E-state index in [9.17, 15) is 14.4 Å². The Balaban J connectivity index is 1.45. The molecule has 0 saturated carbocycles. The summed E-state index contributed by atoms with van der Waals surface area (Å²) in [5.74, 6) is -0.0225. The maximum Gasteiger partial charge on any atom is 0.240 e. The van der Waals surface area contributed by atoms with Crippen LogP contribution in [-0.2, 0) is 20.8 Å².